The first-order valence-electron chi connectivity index (χ1n) is 2.79. The first kappa shape index (κ1) is 8.00. The Hall–Kier alpha value is -1.10. The summed E-state index contributed by atoms with van der Waals surface area (Å²) in [7, 11) is 0. The average molecular weight is 178 g/mol. The van der Waals surface area contributed by atoms with Crippen LogP contribution in [-0.4, -0.2) is 23.3 Å². The Kier molecular flexibility index (Phi) is 2.09. The van der Waals surface area contributed by atoms with Gasteiger partial charge in [-0.15, -0.1) is 0 Å². The molecule has 1 rings (SSSR count). The number of carbonyl (C=O) groups excluding carboxylic acids is 3. The molecule has 2 amide bonds. The molecule has 0 radical (unpaired) electrons. The SMILES string of the molecule is O=C1CC(OC(=O)Cl)C(=O)N1. The molecule has 11 heavy (non-hydrogen) atoms. The first-order chi connectivity index (χ1) is 5.09. The van der Waals surface area contributed by atoms with Crippen LogP contribution in [0.25, 0.3) is 0 Å². The van der Waals surface area contributed by atoms with Gasteiger partial charge in [0.05, 0.1) is 6.42 Å². The average Bonchev–Trinajstić information content (AvgIpc) is 2.09. The highest BCUT2D eigenvalue weighted by Crippen LogP contribution is 2.07. The van der Waals surface area contributed by atoms with E-state index in [1.165, 1.54) is 0 Å². The van der Waals surface area contributed by atoms with Crippen molar-refractivity contribution in [3.63, 3.8) is 0 Å². The van der Waals surface area contributed by atoms with E-state index < -0.39 is 23.3 Å². The highest BCUT2D eigenvalue weighted by atomic mass is 35.5. The number of ether oxygens (including phenoxy) is 1. The molecule has 1 heterocycles. The molecule has 5 nitrogen and oxygen atoms in total. The van der Waals surface area contributed by atoms with Crippen molar-refractivity contribution in [3.8, 4) is 0 Å². The Morgan fingerprint density at radius 3 is 2.64 bits per heavy atom. The smallest absolute Gasteiger partial charge is 0.404 e. The van der Waals surface area contributed by atoms with Crippen molar-refractivity contribution in [2.45, 2.75) is 12.5 Å². The highest BCUT2D eigenvalue weighted by Gasteiger charge is 2.33. The molecule has 0 aromatic rings. The molecule has 1 fully saturated rings. The molecular formula is C5H4ClNO4. The van der Waals surface area contributed by atoms with Crippen molar-refractivity contribution in [1.82, 2.24) is 5.32 Å². The van der Waals surface area contributed by atoms with Crippen LogP contribution in [0, 0.1) is 0 Å². The molecule has 6 heteroatoms. The van der Waals surface area contributed by atoms with Gasteiger partial charge in [0.15, 0.2) is 6.10 Å². The van der Waals surface area contributed by atoms with Crippen molar-refractivity contribution >= 4 is 28.8 Å². The number of carbonyl (C=O) groups is 3. The molecular weight excluding hydrogens is 174 g/mol. The Balaban J connectivity index is 2.53. The van der Waals surface area contributed by atoms with E-state index in [0.717, 1.165) is 0 Å². The van der Waals surface area contributed by atoms with Crippen LogP contribution >= 0.6 is 11.6 Å². The first-order valence-corrected chi connectivity index (χ1v) is 3.17. The topological polar surface area (TPSA) is 72.5 Å². The Morgan fingerprint density at radius 1 is 1.64 bits per heavy atom. The van der Waals surface area contributed by atoms with E-state index in [9.17, 15) is 14.4 Å². The number of amides is 2. The van der Waals surface area contributed by atoms with Crippen LogP contribution in [0.4, 0.5) is 4.79 Å². The Morgan fingerprint density at radius 2 is 2.27 bits per heavy atom. The van der Waals surface area contributed by atoms with Crippen LogP contribution in [0.2, 0.25) is 0 Å². The zero-order chi connectivity index (χ0) is 8.43. The van der Waals surface area contributed by atoms with Gasteiger partial charge >= 0.3 is 5.43 Å². The molecule has 0 aliphatic carbocycles. The van der Waals surface area contributed by atoms with Gasteiger partial charge in [0, 0.05) is 11.6 Å². The fourth-order valence-corrected chi connectivity index (χ4v) is 0.845. The number of hydrogen-bond donors (Lipinski definition) is 1. The lowest BCUT2D eigenvalue weighted by atomic mass is 10.3. The summed E-state index contributed by atoms with van der Waals surface area (Å²) in [6, 6.07) is 0. The predicted octanol–water partition coefficient (Wildman–Crippen LogP) is -0.223. The summed E-state index contributed by atoms with van der Waals surface area (Å²) in [4.78, 5) is 31.2. The molecule has 1 saturated heterocycles. The van der Waals surface area contributed by atoms with Crippen molar-refractivity contribution < 1.29 is 19.1 Å². The molecule has 0 aromatic carbocycles. The van der Waals surface area contributed by atoms with Crippen molar-refractivity contribution in [2.75, 3.05) is 0 Å². The van der Waals surface area contributed by atoms with Gasteiger partial charge in [0.2, 0.25) is 5.91 Å². The van der Waals surface area contributed by atoms with Crippen LogP contribution < -0.4 is 5.32 Å². The maximum Gasteiger partial charge on any atom is 0.404 e. The van der Waals surface area contributed by atoms with Gasteiger partial charge in [-0.1, -0.05) is 0 Å². The minimum Gasteiger partial charge on any atom is -0.440 e. The third-order valence-corrected chi connectivity index (χ3v) is 1.25. The molecule has 60 valence electrons. The van der Waals surface area contributed by atoms with E-state index in [2.05, 4.69) is 4.74 Å². The summed E-state index contributed by atoms with van der Waals surface area (Å²) in [5.41, 5.74) is -1.08. The second-order valence-electron chi connectivity index (χ2n) is 1.96. The van der Waals surface area contributed by atoms with Gasteiger partial charge in [0.1, 0.15) is 0 Å². The van der Waals surface area contributed by atoms with Crippen LogP contribution in [0.5, 0.6) is 0 Å². The number of imide groups is 1. The summed E-state index contributed by atoms with van der Waals surface area (Å²) in [5, 5.41) is 1.96. The fraction of sp³-hybridized carbons (Fsp3) is 0.400. The van der Waals surface area contributed by atoms with Crippen molar-refractivity contribution in [2.24, 2.45) is 0 Å². The molecule has 0 spiro atoms. The maximum atomic E-state index is 10.7. The lowest BCUT2D eigenvalue weighted by Gasteiger charge is -2.02. The number of nitrogens with one attached hydrogen (secondary N) is 1. The largest absolute Gasteiger partial charge is 0.440 e. The van der Waals surface area contributed by atoms with Crippen LogP contribution in [0.15, 0.2) is 0 Å². The molecule has 1 unspecified atom stereocenters. The second kappa shape index (κ2) is 2.87. The third kappa shape index (κ3) is 1.91. The molecule has 1 aliphatic rings. The van der Waals surface area contributed by atoms with Crippen molar-refractivity contribution in [1.29, 1.82) is 0 Å². The normalized spacial score (nSPS) is 23.2. The standard InChI is InChI=1S/C5H4ClNO4/c6-5(10)11-2-1-3(8)7-4(2)9/h2H,1H2,(H,7,8,9). The van der Waals surface area contributed by atoms with Gasteiger partial charge in [-0.2, -0.15) is 0 Å². The Bertz CT molecular complexity index is 227. The quantitative estimate of drug-likeness (QED) is 0.444. The molecule has 0 bridgehead atoms. The van der Waals surface area contributed by atoms with Gasteiger partial charge in [-0.3, -0.25) is 14.9 Å². The predicted molar refractivity (Wildman–Crippen MR) is 33.9 cm³/mol. The maximum absolute atomic E-state index is 10.7. The monoisotopic (exact) mass is 177 g/mol. The minimum atomic E-state index is -1.08. The van der Waals surface area contributed by atoms with E-state index in [-0.39, 0.29) is 6.42 Å². The number of halogens is 1. The van der Waals surface area contributed by atoms with E-state index in [1.54, 1.807) is 0 Å². The summed E-state index contributed by atoms with van der Waals surface area (Å²) >= 11 is 4.82. The molecule has 0 aromatic heterocycles. The van der Waals surface area contributed by atoms with Crippen molar-refractivity contribution in [3.05, 3.63) is 0 Å². The van der Waals surface area contributed by atoms with E-state index in [1.807, 2.05) is 5.32 Å². The third-order valence-electron chi connectivity index (χ3n) is 1.16. The van der Waals surface area contributed by atoms with Crippen LogP contribution in [0.3, 0.4) is 0 Å². The number of hydrogen-bond acceptors (Lipinski definition) is 4. The lowest BCUT2D eigenvalue weighted by Crippen LogP contribution is -2.26. The minimum absolute atomic E-state index is 0.142. The van der Waals surface area contributed by atoms with Gasteiger partial charge in [-0.25, -0.2) is 4.79 Å². The molecule has 0 saturated carbocycles. The van der Waals surface area contributed by atoms with E-state index >= 15 is 0 Å². The summed E-state index contributed by atoms with van der Waals surface area (Å²) in [6.07, 6.45) is -1.19. The summed E-state index contributed by atoms with van der Waals surface area (Å²) < 4.78 is 4.29. The van der Waals surface area contributed by atoms with E-state index in [0.29, 0.717) is 0 Å². The van der Waals surface area contributed by atoms with Gasteiger partial charge < -0.3 is 4.74 Å². The summed E-state index contributed by atoms with van der Waals surface area (Å²) in [5.74, 6) is -1.08. The van der Waals surface area contributed by atoms with E-state index in [4.69, 9.17) is 11.6 Å². The Labute approximate surface area is 66.6 Å². The second-order valence-corrected chi connectivity index (χ2v) is 2.27. The molecule has 1 N–H and O–H groups in total. The summed E-state index contributed by atoms with van der Waals surface area (Å²) in [6.45, 7) is 0. The number of rotatable bonds is 1. The zero-order valence-corrected chi connectivity index (χ0v) is 6.05. The van der Waals surface area contributed by atoms with Gasteiger partial charge in [-0.05, 0) is 0 Å². The van der Waals surface area contributed by atoms with Gasteiger partial charge in [0.25, 0.3) is 5.91 Å². The van der Waals surface area contributed by atoms with Crippen LogP contribution in [0.1, 0.15) is 6.42 Å². The molecule has 1 atom stereocenters. The highest BCUT2D eigenvalue weighted by molar-refractivity contribution is 6.61. The zero-order valence-electron chi connectivity index (χ0n) is 5.30. The molecule has 1 aliphatic heterocycles. The lowest BCUT2D eigenvalue weighted by molar-refractivity contribution is -0.127. The van der Waals surface area contributed by atoms with Crippen LogP contribution in [-0.2, 0) is 14.3 Å². The fourth-order valence-electron chi connectivity index (χ4n) is 0.737.